The molecule has 1 aliphatic heterocycles. The topological polar surface area (TPSA) is 93.8 Å². The maximum Gasteiger partial charge on any atom is 0.359 e. The van der Waals surface area contributed by atoms with Gasteiger partial charge in [0, 0.05) is 18.7 Å². The molecule has 1 aliphatic rings. The first-order chi connectivity index (χ1) is 14.9. The molecule has 162 valence electrons. The Hall–Kier alpha value is -3.46. The number of benzene rings is 2. The van der Waals surface area contributed by atoms with Crippen molar-refractivity contribution in [3.63, 3.8) is 0 Å². The van der Waals surface area contributed by atoms with Crippen molar-refractivity contribution in [1.82, 2.24) is 0 Å². The predicted molar refractivity (Wildman–Crippen MR) is 118 cm³/mol. The molecule has 1 heterocycles. The van der Waals surface area contributed by atoms with Crippen molar-refractivity contribution < 1.29 is 19.7 Å². The number of hydrogen-bond acceptors (Lipinski definition) is 6. The van der Waals surface area contributed by atoms with Gasteiger partial charge in [-0.05, 0) is 48.6 Å². The van der Waals surface area contributed by atoms with Gasteiger partial charge in [0.15, 0.2) is 5.70 Å². The lowest BCUT2D eigenvalue weighted by molar-refractivity contribution is -0.166. The number of hydrogen-bond donors (Lipinski definition) is 2. The number of carbonyl (C=O) groups is 1. The molecule has 2 aromatic carbocycles. The number of aliphatic hydroxyl groups excluding tert-OH is 1. The summed E-state index contributed by atoms with van der Waals surface area (Å²) in [6.45, 7) is 4.23. The highest BCUT2D eigenvalue weighted by atomic mass is 16.6. The fourth-order valence-electron chi connectivity index (χ4n) is 3.93. The number of aromatic hydroxyl groups is 1. The molecule has 0 amide bonds. The van der Waals surface area contributed by atoms with Gasteiger partial charge in [-0.2, -0.15) is 5.26 Å². The molecule has 0 aromatic heterocycles. The third-order valence-corrected chi connectivity index (χ3v) is 5.84. The summed E-state index contributed by atoms with van der Waals surface area (Å²) in [6, 6.07) is 18.3. The van der Waals surface area contributed by atoms with Gasteiger partial charge in [-0.25, -0.2) is 4.79 Å². The van der Waals surface area contributed by atoms with Crippen LogP contribution in [0.3, 0.4) is 0 Å². The number of phenolic OH excluding ortho intramolecular Hbond substituents is 1. The second-order valence-corrected chi connectivity index (χ2v) is 8.14. The molecule has 0 radical (unpaired) electrons. The van der Waals surface area contributed by atoms with Gasteiger partial charge in [-0.3, -0.25) is 0 Å². The van der Waals surface area contributed by atoms with Crippen LogP contribution in [0, 0.1) is 17.2 Å². The van der Waals surface area contributed by atoms with E-state index in [-0.39, 0.29) is 42.5 Å². The maximum atomic E-state index is 13.2. The lowest BCUT2D eigenvalue weighted by atomic mass is 9.79. The van der Waals surface area contributed by atoms with E-state index >= 15 is 0 Å². The van der Waals surface area contributed by atoms with Gasteiger partial charge in [0.2, 0.25) is 0 Å². The molecule has 2 aromatic rings. The standard InChI is InChI=1S/C25H28N2O4/c1-18(2)25(14-13-19-9-11-21(28)12-10-19)17-22(29)23(24(30)31-25)27(16-6-15-26)20-7-4-3-5-8-20/h3-5,7-12,18,28-29H,6,13-14,16-17H2,1-2H3. The summed E-state index contributed by atoms with van der Waals surface area (Å²) in [5.74, 6) is -0.404. The number of aryl methyl sites for hydroxylation is 1. The number of para-hydroxylation sites is 1. The van der Waals surface area contributed by atoms with E-state index in [4.69, 9.17) is 10.00 Å². The second-order valence-electron chi connectivity index (χ2n) is 8.14. The van der Waals surface area contributed by atoms with Gasteiger partial charge in [-0.1, -0.05) is 44.2 Å². The molecule has 0 saturated carbocycles. The molecule has 0 bridgehead atoms. The highest BCUT2D eigenvalue weighted by Crippen LogP contribution is 2.40. The molecule has 2 N–H and O–H groups in total. The van der Waals surface area contributed by atoms with Gasteiger partial charge < -0.3 is 19.8 Å². The summed E-state index contributed by atoms with van der Waals surface area (Å²) in [5.41, 5.74) is 1.00. The van der Waals surface area contributed by atoms with Gasteiger partial charge in [0.05, 0.1) is 12.5 Å². The molecule has 0 fully saturated rings. The molecule has 0 aliphatic carbocycles. The zero-order chi connectivity index (χ0) is 22.4. The van der Waals surface area contributed by atoms with Crippen LogP contribution >= 0.6 is 0 Å². The molecule has 6 heteroatoms. The van der Waals surface area contributed by atoms with Crippen LogP contribution < -0.4 is 4.90 Å². The molecule has 31 heavy (non-hydrogen) atoms. The number of rotatable bonds is 8. The van der Waals surface area contributed by atoms with Crippen LogP contribution in [-0.4, -0.2) is 28.3 Å². The number of carbonyl (C=O) groups excluding carboxylic acids is 1. The first kappa shape index (κ1) is 22.2. The highest BCUT2D eigenvalue weighted by Gasteiger charge is 2.45. The molecule has 0 spiro atoms. The smallest absolute Gasteiger partial charge is 0.359 e. The lowest BCUT2D eigenvalue weighted by Gasteiger charge is -2.42. The molecular weight excluding hydrogens is 392 g/mol. The minimum Gasteiger partial charge on any atom is -0.510 e. The predicted octanol–water partition coefficient (Wildman–Crippen LogP) is 4.86. The molecular formula is C25H28N2O4. The lowest BCUT2D eigenvalue weighted by Crippen LogP contribution is -2.48. The van der Waals surface area contributed by atoms with E-state index in [1.165, 1.54) is 0 Å². The SMILES string of the molecule is CC(C)C1(CCc2ccc(O)cc2)CC(O)=C(N(CCC#N)c2ccccc2)C(=O)O1. The average Bonchev–Trinajstić information content (AvgIpc) is 2.75. The summed E-state index contributed by atoms with van der Waals surface area (Å²) >= 11 is 0. The number of anilines is 1. The average molecular weight is 421 g/mol. The second kappa shape index (κ2) is 9.57. The normalized spacial score (nSPS) is 18.6. The summed E-state index contributed by atoms with van der Waals surface area (Å²) in [6.07, 6.45) is 1.60. The molecule has 1 atom stereocenters. The van der Waals surface area contributed by atoms with Crippen LogP contribution in [0.25, 0.3) is 0 Å². The monoisotopic (exact) mass is 420 g/mol. The zero-order valence-corrected chi connectivity index (χ0v) is 17.9. The fraction of sp³-hybridized carbons (Fsp3) is 0.360. The molecule has 6 nitrogen and oxygen atoms in total. The van der Waals surface area contributed by atoms with Gasteiger partial charge in [-0.15, -0.1) is 0 Å². The maximum absolute atomic E-state index is 13.2. The number of ether oxygens (including phenoxy) is 1. The van der Waals surface area contributed by atoms with Crippen molar-refractivity contribution in [1.29, 1.82) is 5.26 Å². The largest absolute Gasteiger partial charge is 0.510 e. The summed E-state index contributed by atoms with van der Waals surface area (Å²) in [7, 11) is 0. The third-order valence-electron chi connectivity index (χ3n) is 5.84. The van der Waals surface area contributed by atoms with Crippen LogP contribution in [0.1, 0.15) is 38.7 Å². The number of phenols is 1. The Bertz CT molecular complexity index is 977. The summed E-state index contributed by atoms with van der Waals surface area (Å²) < 4.78 is 6.02. The Kier molecular flexibility index (Phi) is 6.86. The number of esters is 1. The zero-order valence-electron chi connectivity index (χ0n) is 17.9. The molecule has 3 rings (SSSR count). The van der Waals surface area contributed by atoms with Crippen LogP contribution in [0.2, 0.25) is 0 Å². The van der Waals surface area contributed by atoms with Crippen molar-refractivity contribution in [2.24, 2.45) is 5.92 Å². The molecule has 0 saturated heterocycles. The quantitative estimate of drug-likeness (QED) is 0.593. The Morgan fingerprint density at radius 2 is 1.81 bits per heavy atom. The fourth-order valence-corrected chi connectivity index (χ4v) is 3.93. The Balaban J connectivity index is 1.89. The van der Waals surface area contributed by atoms with E-state index in [1.807, 2.05) is 56.3 Å². The minimum atomic E-state index is -0.833. The number of cyclic esters (lactones) is 1. The number of aliphatic hydroxyl groups is 1. The minimum absolute atomic E-state index is 0.0125. The van der Waals surface area contributed by atoms with Crippen molar-refractivity contribution in [3.8, 4) is 11.8 Å². The molecule has 1 unspecified atom stereocenters. The van der Waals surface area contributed by atoms with Crippen LogP contribution in [0.15, 0.2) is 66.1 Å². The van der Waals surface area contributed by atoms with Crippen molar-refractivity contribution in [2.75, 3.05) is 11.4 Å². The Labute approximate surface area is 183 Å². The third kappa shape index (κ3) is 5.00. The van der Waals surface area contributed by atoms with Gasteiger partial charge in [0.1, 0.15) is 17.1 Å². The van der Waals surface area contributed by atoms with E-state index in [9.17, 15) is 15.0 Å². The van der Waals surface area contributed by atoms with E-state index < -0.39 is 11.6 Å². The van der Waals surface area contributed by atoms with E-state index in [0.717, 1.165) is 11.3 Å². The van der Waals surface area contributed by atoms with Crippen molar-refractivity contribution >= 4 is 11.7 Å². The van der Waals surface area contributed by atoms with Gasteiger partial charge >= 0.3 is 5.97 Å². The van der Waals surface area contributed by atoms with Crippen LogP contribution in [0.4, 0.5) is 5.69 Å². The van der Waals surface area contributed by atoms with Crippen LogP contribution in [-0.2, 0) is 16.0 Å². The first-order valence-corrected chi connectivity index (χ1v) is 10.5. The van der Waals surface area contributed by atoms with Crippen LogP contribution in [0.5, 0.6) is 5.75 Å². The van der Waals surface area contributed by atoms with Crippen molar-refractivity contribution in [3.05, 3.63) is 71.6 Å². The summed E-state index contributed by atoms with van der Waals surface area (Å²) in [4.78, 5) is 14.8. The van der Waals surface area contributed by atoms with E-state index in [0.29, 0.717) is 12.8 Å². The first-order valence-electron chi connectivity index (χ1n) is 10.5. The van der Waals surface area contributed by atoms with Gasteiger partial charge in [0.25, 0.3) is 0 Å². The van der Waals surface area contributed by atoms with E-state index in [2.05, 4.69) is 6.07 Å². The Morgan fingerprint density at radius 1 is 1.13 bits per heavy atom. The number of nitriles is 1. The van der Waals surface area contributed by atoms with E-state index in [1.54, 1.807) is 17.0 Å². The van der Waals surface area contributed by atoms with Crippen molar-refractivity contribution in [2.45, 2.75) is 45.1 Å². The highest BCUT2D eigenvalue weighted by molar-refractivity contribution is 5.94. The summed E-state index contributed by atoms with van der Waals surface area (Å²) in [5, 5.41) is 29.6. The number of nitrogens with zero attached hydrogens (tertiary/aromatic N) is 2. The Morgan fingerprint density at radius 3 is 2.39 bits per heavy atom.